The van der Waals surface area contributed by atoms with Gasteiger partial charge in [-0.15, -0.1) is 0 Å². The molecule has 1 rings (SSSR count). The number of nitrogens with zero attached hydrogens (tertiary/aromatic N) is 2. The summed E-state index contributed by atoms with van der Waals surface area (Å²) in [4.78, 5) is 38.7. The maximum absolute atomic E-state index is 12.4. The zero-order valence-electron chi connectivity index (χ0n) is 15.2. The van der Waals surface area contributed by atoms with Crippen molar-refractivity contribution in [2.45, 2.75) is 59.7 Å². The van der Waals surface area contributed by atoms with E-state index in [2.05, 4.69) is 25.3 Å². The molecule has 1 atom stereocenters. The van der Waals surface area contributed by atoms with Gasteiger partial charge in [-0.2, -0.15) is 4.98 Å². The first-order chi connectivity index (χ1) is 11.3. The van der Waals surface area contributed by atoms with Gasteiger partial charge in [0.05, 0.1) is 6.54 Å². The highest BCUT2D eigenvalue weighted by Gasteiger charge is 2.34. The summed E-state index contributed by atoms with van der Waals surface area (Å²) in [6.07, 6.45) is -0.713. The van der Waals surface area contributed by atoms with Gasteiger partial charge in [0.25, 0.3) is 0 Å². The fraction of sp³-hybridized carbons (Fsp3) is 0.667. The van der Waals surface area contributed by atoms with Crippen LogP contribution >= 0.6 is 0 Å². The summed E-state index contributed by atoms with van der Waals surface area (Å²) in [5.74, 6) is -2.40. The minimum atomic E-state index is -1.36. The Labute approximate surface area is 145 Å². The number of carboxylic acid groups (broad SMARTS) is 1. The van der Waals surface area contributed by atoms with Gasteiger partial charge in [-0.3, -0.25) is 4.79 Å². The van der Waals surface area contributed by atoms with Gasteiger partial charge in [-0.1, -0.05) is 25.9 Å². The van der Waals surface area contributed by atoms with Crippen molar-refractivity contribution in [2.75, 3.05) is 0 Å². The van der Waals surface area contributed by atoms with Gasteiger partial charge in [0.2, 0.25) is 5.91 Å². The van der Waals surface area contributed by atoms with Crippen LogP contribution in [0.5, 0.6) is 0 Å². The Morgan fingerprint density at radius 1 is 1.20 bits per heavy atom. The molecular formula is C15H24N4O6. The van der Waals surface area contributed by atoms with E-state index in [4.69, 9.17) is 9.84 Å². The Balaban J connectivity index is 2.73. The summed E-state index contributed by atoms with van der Waals surface area (Å²) in [5, 5.41) is 17.2. The molecule has 1 heterocycles. The molecule has 0 saturated carbocycles. The van der Waals surface area contributed by atoms with Gasteiger partial charge in [-0.25, -0.2) is 9.59 Å². The molecule has 0 fully saturated rings. The van der Waals surface area contributed by atoms with E-state index in [-0.39, 0.29) is 12.4 Å². The fourth-order valence-corrected chi connectivity index (χ4v) is 1.78. The molecule has 0 saturated heterocycles. The number of nitrogens with one attached hydrogen (secondary N) is 2. The molecule has 3 N–H and O–H groups in total. The summed E-state index contributed by atoms with van der Waals surface area (Å²) >= 11 is 0. The predicted octanol–water partition coefficient (Wildman–Crippen LogP) is 1.32. The summed E-state index contributed by atoms with van der Waals surface area (Å²) in [6.45, 7) is 10.4. The number of carbonyl (C=O) groups excluding carboxylic acids is 2. The number of aromatic carboxylic acids is 1. The zero-order valence-corrected chi connectivity index (χ0v) is 15.2. The number of carboxylic acids is 1. The summed E-state index contributed by atoms with van der Waals surface area (Å²) in [5.41, 5.74) is -1.29. The smallest absolute Gasteiger partial charge is 0.408 e. The standard InChI is InChI=1S/C15H24N4O6/c1-14(2,3)9(18-13(23)24-15(4,5)6)10(20)16-7-8-17-11(12(21)22)25-19-8/h9H,7H2,1-6H3,(H,16,20)(H,18,23)(H,21,22). The number of hydrogen-bond acceptors (Lipinski definition) is 7. The lowest BCUT2D eigenvalue weighted by Crippen LogP contribution is -2.54. The van der Waals surface area contributed by atoms with Gasteiger partial charge in [0.15, 0.2) is 5.82 Å². The molecule has 0 aromatic carbocycles. The fourth-order valence-electron chi connectivity index (χ4n) is 1.78. The van der Waals surface area contributed by atoms with E-state index in [1.165, 1.54) is 0 Å². The van der Waals surface area contributed by atoms with Crippen LogP contribution in [0.3, 0.4) is 0 Å². The van der Waals surface area contributed by atoms with E-state index in [1.54, 1.807) is 41.5 Å². The van der Waals surface area contributed by atoms with Crippen LogP contribution in [0.25, 0.3) is 0 Å². The van der Waals surface area contributed by atoms with Crippen LogP contribution in [-0.2, 0) is 16.1 Å². The van der Waals surface area contributed by atoms with E-state index < -0.39 is 40.9 Å². The molecular weight excluding hydrogens is 332 g/mol. The van der Waals surface area contributed by atoms with E-state index in [9.17, 15) is 14.4 Å². The second-order valence-electron chi connectivity index (χ2n) is 7.48. The molecule has 2 amide bonds. The highest BCUT2D eigenvalue weighted by atomic mass is 16.6. The van der Waals surface area contributed by atoms with Gasteiger partial charge in [0, 0.05) is 0 Å². The van der Waals surface area contributed by atoms with Crippen molar-refractivity contribution in [1.82, 2.24) is 20.8 Å². The van der Waals surface area contributed by atoms with Gasteiger partial charge in [0.1, 0.15) is 11.6 Å². The Morgan fingerprint density at radius 2 is 1.80 bits per heavy atom. The van der Waals surface area contributed by atoms with E-state index in [0.29, 0.717) is 0 Å². The quantitative estimate of drug-likeness (QED) is 0.716. The third kappa shape index (κ3) is 6.77. The monoisotopic (exact) mass is 356 g/mol. The number of ether oxygens (including phenoxy) is 1. The molecule has 0 spiro atoms. The molecule has 25 heavy (non-hydrogen) atoms. The van der Waals surface area contributed by atoms with Crippen LogP contribution < -0.4 is 10.6 Å². The van der Waals surface area contributed by atoms with Crippen LogP contribution in [0.2, 0.25) is 0 Å². The van der Waals surface area contributed by atoms with Gasteiger partial charge < -0.3 is 25.0 Å². The second kappa shape index (κ2) is 7.49. The van der Waals surface area contributed by atoms with Crippen molar-refractivity contribution >= 4 is 18.0 Å². The van der Waals surface area contributed by atoms with Crippen molar-refractivity contribution in [3.05, 3.63) is 11.7 Å². The number of rotatable bonds is 5. The maximum Gasteiger partial charge on any atom is 0.408 e. The normalized spacial score (nSPS) is 13.0. The predicted molar refractivity (Wildman–Crippen MR) is 85.7 cm³/mol. The summed E-state index contributed by atoms with van der Waals surface area (Å²) in [7, 11) is 0. The van der Waals surface area contributed by atoms with Crippen molar-refractivity contribution < 1.29 is 28.8 Å². The zero-order chi connectivity index (χ0) is 19.4. The number of carbonyl (C=O) groups is 3. The third-order valence-corrected chi connectivity index (χ3v) is 2.86. The van der Waals surface area contributed by atoms with E-state index in [0.717, 1.165) is 0 Å². The first kappa shape index (κ1) is 20.4. The second-order valence-corrected chi connectivity index (χ2v) is 7.48. The summed E-state index contributed by atoms with van der Waals surface area (Å²) in [6, 6.07) is -0.881. The van der Waals surface area contributed by atoms with Gasteiger partial charge in [-0.05, 0) is 26.2 Å². The largest absolute Gasteiger partial charge is 0.474 e. The molecule has 0 aliphatic carbocycles. The summed E-state index contributed by atoms with van der Waals surface area (Å²) < 4.78 is 9.67. The molecule has 10 heteroatoms. The van der Waals surface area contributed by atoms with E-state index >= 15 is 0 Å². The average Bonchev–Trinajstić information content (AvgIpc) is 2.88. The first-order valence-corrected chi connectivity index (χ1v) is 7.62. The van der Waals surface area contributed by atoms with Crippen LogP contribution in [0.15, 0.2) is 4.52 Å². The van der Waals surface area contributed by atoms with Crippen molar-refractivity contribution in [3.8, 4) is 0 Å². The minimum Gasteiger partial charge on any atom is -0.474 e. The Morgan fingerprint density at radius 3 is 2.24 bits per heavy atom. The van der Waals surface area contributed by atoms with Gasteiger partial charge >= 0.3 is 18.0 Å². The van der Waals surface area contributed by atoms with Crippen LogP contribution in [0.1, 0.15) is 58.1 Å². The third-order valence-electron chi connectivity index (χ3n) is 2.86. The Bertz CT molecular complexity index is 641. The topological polar surface area (TPSA) is 144 Å². The molecule has 1 aromatic heterocycles. The van der Waals surface area contributed by atoms with Crippen molar-refractivity contribution in [2.24, 2.45) is 5.41 Å². The lowest BCUT2D eigenvalue weighted by molar-refractivity contribution is -0.125. The lowest BCUT2D eigenvalue weighted by Gasteiger charge is -2.31. The minimum absolute atomic E-state index is 0.00989. The first-order valence-electron chi connectivity index (χ1n) is 7.62. The highest BCUT2D eigenvalue weighted by molar-refractivity contribution is 5.86. The number of hydrogen-bond donors (Lipinski definition) is 3. The molecule has 0 radical (unpaired) electrons. The molecule has 1 unspecified atom stereocenters. The van der Waals surface area contributed by atoms with E-state index in [1.807, 2.05) is 0 Å². The van der Waals surface area contributed by atoms with Crippen LogP contribution in [-0.4, -0.2) is 44.9 Å². The number of aromatic nitrogens is 2. The Kier molecular flexibility index (Phi) is 6.11. The molecule has 10 nitrogen and oxygen atoms in total. The highest BCUT2D eigenvalue weighted by Crippen LogP contribution is 2.20. The number of alkyl carbamates (subject to hydrolysis) is 1. The van der Waals surface area contributed by atoms with Crippen LogP contribution in [0.4, 0.5) is 4.79 Å². The SMILES string of the molecule is CC(C)(C)OC(=O)NC(C(=O)NCc1noc(C(=O)O)n1)C(C)(C)C. The van der Waals surface area contributed by atoms with Crippen molar-refractivity contribution in [3.63, 3.8) is 0 Å². The molecule has 140 valence electrons. The molecule has 0 aliphatic rings. The lowest BCUT2D eigenvalue weighted by atomic mass is 9.86. The number of amides is 2. The van der Waals surface area contributed by atoms with Crippen molar-refractivity contribution in [1.29, 1.82) is 0 Å². The maximum atomic E-state index is 12.4. The average molecular weight is 356 g/mol. The Hall–Kier alpha value is -2.65. The van der Waals surface area contributed by atoms with Crippen LogP contribution in [0, 0.1) is 5.41 Å². The molecule has 0 aliphatic heterocycles. The molecule has 0 bridgehead atoms. The molecule has 1 aromatic rings.